The van der Waals surface area contributed by atoms with Crippen LogP contribution in [0.15, 0.2) is 59.1 Å². The molecule has 8 nitrogen and oxygen atoms in total. The highest BCUT2D eigenvalue weighted by atomic mass is 16.5. The molecule has 0 spiro atoms. The number of oxazole rings is 1. The van der Waals surface area contributed by atoms with Crippen molar-refractivity contribution in [1.82, 2.24) is 15.8 Å². The number of esters is 1. The van der Waals surface area contributed by atoms with Crippen molar-refractivity contribution < 1.29 is 23.5 Å². The Labute approximate surface area is 166 Å². The SMILES string of the molecule is CC(=O)NNC(=O)COC(=O)c1ccccc1-c1ncc(-c2ccc(C)cc2)o1. The fourth-order valence-corrected chi connectivity index (χ4v) is 2.50. The lowest BCUT2D eigenvalue weighted by atomic mass is 10.1. The first kappa shape index (κ1) is 19.8. The Bertz CT molecular complexity index is 1040. The molecular weight excluding hydrogens is 374 g/mol. The number of benzene rings is 2. The van der Waals surface area contributed by atoms with Gasteiger partial charge in [0.15, 0.2) is 12.4 Å². The van der Waals surface area contributed by atoms with E-state index in [2.05, 4.69) is 15.8 Å². The summed E-state index contributed by atoms with van der Waals surface area (Å²) in [5.74, 6) is -0.991. The second-order valence-corrected chi connectivity index (χ2v) is 6.25. The molecule has 0 unspecified atom stereocenters. The van der Waals surface area contributed by atoms with E-state index >= 15 is 0 Å². The molecule has 1 aromatic heterocycles. The normalized spacial score (nSPS) is 10.3. The van der Waals surface area contributed by atoms with Gasteiger partial charge < -0.3 is 9.15 Å². The van der Waals surface area contributed by atoms with Gasteiger partial charge >= 0.3 is 5.97 Å². The number of carbonyl (C=O) groups is 3. The zero-order valence-corrected chi connectivity index (χ0v) is 15.9. The first-order valence-electron chi connectivity index (χ1n) is 8.79. The van der Waals surface area contributed by atoms with Crippen LogP contribution in [0, 0.1) is 6.92 Å². The van der Waals surface area contributed by atoms with Crippen molar-refractivity contribution in [2.24, 2.45) is 0 Å². The van der Waals surface area contributed by atoms with Gasteiger partial charge in [0.2, 0.25) is 11.8 Å². The summed E-state index contributed by atoms with van der Waals surface area (Å²) in [5.41, 5.74) is 6.87. The first-order chi connectivity index (χ1) is 13.9. The van der Waals surface area contributed by atoms with Crippen LogP contribution in [0.5, 0.6) is 0 Å². The van der Waals surface area contributed by atoms with Crippen LogP contribution in [-0.2, 0) is 14.3 Å². The number of hydrogen-bond acceptors (Lipinski definition) is 6. The van der Waals surface area contributed by atoms with Crippen molar-refractivity contribution in [3.63, 3.8) is 0 Å². The number of amides is 2. The second-order valence-electron chi connectivity index (χ2n) is 6.25. The smallest absolute Gasteiger partial charge is 0.339 e. The Morgan fingerprint density at radius 1 is 1.03 bits per heavy atom. The molecule has 8 heteroatoms. The predicted octanol–water partition coefficient (Wildman–Crippen LogP) is 2.64. The van der Waals surface area contributed by atoms with Crippen molar-refractivity contribution in [3.8, 4) is 22.8 Å². The van der Waals surface area contributed by atoms with Crippen molar-refractivity contribution in [2.45, 2.75) is 13.8 Å². The van der Waals surface area contributed by atoms with Gasteiger partial charge in [0, 0.05) is 12.5 Å². The van der Waals surface area contributed by atoms with Gasteiger partial charge in [0.1, 0.15) is 0 Å². The highest BCUT2D eigenvalue weighted by Gasteiger charge is 2.19. The van der Waals surface area contributed by atoms with Gasteiger partial charge in [-0.2, -0.15) is 0 Å². The molecule has 3 rings (SSSR count). The summed E-state index contributed by atoms with van der Waals surface area (Å²) in [6, 6.07) is 14.4. The fourth-order valence-electron chi connectivity index (χ4n) is 2.50. The quantitative estimate of drug-likeness (QED) is 0.509. The maximum absolute atomic E-state index is 12.4. The topological polar surface area (TPSA) is 111 Å². The first-order valence-corrected chi connectivity index (χ1v) is 8.79. The molecule has 2 aromatic carbocycles. The van der Waals surface area contributed by atoms with Crippen LogP contribution in [0.2, 0.25) is 0 Å². The lowest BCUT2D eigenvalue weighted by Crippen LogP contribution is -2.42. The van der Waals surface area contributed by atoms with E-state index in [1.165, 1.54) is 6.92 Å². The summed E-state index contributed by atoms with van der Waals surface area (Å²) in [5, 5.41) is 0. The molecule has 0 saturated carbocycles. The summed E-state index contributed by atoms with van der Waals surface area (Å²) in [4.78, 5) is 39.1. The van der Waals surface area contributed by atoms with Crippen LogP contribution in [0.1, 0.15) is 22.8 Å². The van der Waals surface area contributed by atoms with Gasteiger partial charge in [-0.05, 0) is 19.1 Å². The minimum Gasteiger partial charge on any atom is -0.452 e. The van der Waals surface area contributed by atoms with Gasteiger partial charge in [0.25, 0.3) is 5.91 Å². The summed E-state index contributed by atoms with van der Waals surface area (Å²) >= 11 is 0. The number of ether oxygens (including phenoxy) is 1. The number of rotatable bonds is 5. The molecule has 0 aliphatic carbocycles. The highest BCUT2D eigenvalue weighted by molar-refractivity contribution is 5.97. The number of nitrogens with zero attached hydrogens (tertiary/aromatic N) is 1. The molecule has 29 heavy (non-hydrogen) atoms. The maximum atomic E-state index is 12.4. The molecular formula is C21H19N3O5. The zero-order chi connectivity index (χ0) is 20.8. The maximum Gasteiger partial charge on any atom is 0.339 e. The van der Waals surface area contributed by atoms with Crippen LogP contribution in [0.4, 0.5) is 0 Å². The Morgan fingerprint density at radius 2 is 1.76 bits per heavy atom. The standard InChI is InChI=1S/C21H19N3O5/c1-13-7-9-15(10-8-13)18-11-22-20(29-18)16-5-3-4-6-17(16)21(27)28-12-19(26)24-23-14(2)25/h3-11H,12H2,1-2H3,(H,23,25)(H,24,26). The number of nitrogens with one attached hydrogen (secondary N) is 2. The minimum atomic E-state index is -0.714. The molecule has 0 aliphatic heterocycles. The lowest BCUT2D eigenvalue weighted by molar-refractivity contribution is -0.129. The molecule has 3 aromatic rings. The van der Waals surface area contributed by atoms with Crippen molar-refractivity contribution in [3.05, 3.63) is 65.9 Å². The Morgan fingerprint density at radius 3 is 2.48 bits per heavy atom. The monoisotopic (exact) mass is 393 g/mol. The van der Waals surface area contributed by atoms with Crippen LogP contribution in [0.25, 0.3) is 22.8 Å². The zero-order valence-electron chi connectivity index (χ0n) is 15.9. The van der Waals surface area contributed by atoms with E-state index in [1.54, 1.807) is 30.5 Å². The third-order valence-electron chi connectivity index (χ3n) is 3.93. The lowest BCUT2D eigenvalue weighted by Gasteiger charge is -2.08. The fraction of sp³-hybridized carbons (Fsp3) is 0.143. The highest BCUT2D eigenvalue weighted by Crippen LogP contribution is 2.28. The molecule has 2 amide bonds. The molecule has 1 heterocycles. The van der Waals surface area contributed by atoms with Crippen LogP contribution in [-0.4, -0.2) is 29.4 Å². The van der Waals surface area contributed by atoms with E-state index in [4.69, 9.17) is 9.15 Å². The number of hydrogen-bond donors (Lipinski definition) is 2. The summed E-state index contributed by atoms with van der Waals surface area (Å²) < 4.78 is 10.8. The van der Waals surface area contributed by atoms with E-state index in [0.717, 1.165) is 11.1 Å². The molecule has 0 fully saturated rings. The molecule has 0 aliphatic rings. The average molecular weight is 393 g/mol. The van der Waals surface area contributed by atoms with Crippen molar-refractivity contribution in [1.29, 1.82) is 0 Å². The van der Waals surface area contributed by atoms with Gasteiger partial charge in [-0.3, -0.25) is 20.4 Å². The largest absolute Gasteiger partial charge is 0.452 e. The summed E-state index contributed by atoms with van der Waals surface area (Å²) in [7, 11) is 0. The van der Waals surface area contributed by atoms with Gasteiger partial charge in [0.05, 0.1) is 17.3 Å². The molecule has 0 saturated heterocycles. The average Bonchev–Trinajstić information content (AvgIpc) is 3.21. The van der Waals surface area contributed by atoms with Gasteiger partial charge in [-0.1, -0.05) is 42.0 Å². The number of hydrazine groups is 1. The van der Waals surface area contributed by atoms with E-state index in [-0.39, 0.29) is 11.5 Å². The predicted molar refractivity (Wildman–Crippen MR) is 104 cm³/mol. The minimum absolute atomic E-state index is 0.206. The van der Waals surface area contributed by atoms with Crippen LogP contribution < -0.4 is 10.9 Å². The van der Waals surface area contributed by atoms with Gasteiger partial charge in [-0.25, -0.2) is 9.78 Å². The van der Waals surface area contributed by atoms with Crippen LogP contribution >= 0.6 is 0 Å². The second kappa shape index (κ2) is 8.83. The summed E-state index contributed by atoms with van der Waals surface area (Å²) in [6.07, 6.45) is 1.59. The van der Waals surface area contributed by atoms with E-state index in [1.807, 2.05) is 31.2 Å². The Hall–Kier alpha value is -3.94. The third-order valence-corrected chi connectivity index (χ3v) is 3.93. The Kier molecular flexibility index (Phi) is 6.03. The van der Waals surface area contributed by atoms with E-state index < -0.39 is 24.4 Å². The van der Waals surface area contributed by atoms with E-state index in [9.17, 15) is 14.4 Å². The van der Waals surface area contributed by atoms with Gasteiger partial charge in [-0.15, -0.1) is 0 Å². The number of aromatic nitrogens is 1. The van der Waals surface area contributed by atoms with Crippen molar-refractivity contribution >= 4 is 17.8 Å². The third kappa shape index (κ3) is 5.07. The molecule has 0 bridgehead atoms. The number of carbonyl (C=O) groups excluding carboxylic acids is 3. The van der Waals surface area contributed by atoms with Crippen LogP contribution in [0.3, 0.4) is 0 Å². The number of aryl methyl sites for hydroxylation is 1. The Balaban J connectivity index is 1.75. The summed E-state index contributed by atoms with van der Waals surface area (Å²) in [6.45, 7) is 2.69. The van der Waals surface area contributed by atoms with E-state index in [0.29, 0.717) is 11.3 Å². The molecule has 0 radical (unpaired) electrons. The van der Waals surface area contributed by atoms with Crippen molar-refractivity contribution in [2.75, 3.05) is 6.61 Å². The molecule has 148 valence electrons. The molecule has 2 N–H and O–H groups in total. The molecule has 0 atom stereocenters.